The Hall–Kier alpha value is -2.89. The second-order valence-corrected chi connectivity index (χ2v) is 6.10. The van der Waals surface area contributed by atoms with Crippen molar-refractivity contribution in [3.63, 3.8) is 0 Å². The van der Waals surface area contributed by atoms with Crippen molar-refractivity contribution >= 4 is 11.7 Å². The van der Waals surface area contributed by atoms with Crippen LogP contribution in [-0.2, 0) is 6.42 Å². The molecule has 25 heavy (non-hydrogen) atoms. The number of benzene rings is 1. The molecule has 0 spiro atoms. The number of aromatic amines is 1. The van der Waals surface area contributed by atoms with E-state index in [2.05, 4.69) is 10.3 Å². The Morgan fingerprint density at radius 2 is 1.96 bits per heavy atom. The number of fused-ring (bicyclic) bond motifs is 1. The number of carbonyl (C=O) groups is 2. The van der Waals surface area contributed by atoms with Gasteiger partial charge in [-0.3, -0.25) is 14.4 Å². The molecule has 0 saturated carbocycles. The average molecular weight is 340 g/mol. The maximum Gasteiger partial charge on any atom is 0.261 e. The molecule has 1 aromatic carbocycles. The fourth-order valence-corrected chi connectivity index (χ4v) is 2.81. The van der Waals surface area contributed by atoms with Gasteiger partial charge in [0.25, 0.3) is 11.5 Å². The van der Waals surface area contributed by atoms with E-state index < -0.39 is 11.5 Å². The number of Topliss-reactive ketones (excluding diaryl/α,β-unsaturated/α-hetero) is 1. The van der Waals surface area contributed by atoms with Crippen molar-refractivity contribution in [3.05, 3.63) is 63.1 Å². The van der Waals surface area contributed by atoms with Crippen molar-refractivity contribution in [2.75, 3.05) is 13.2 Å². The van der Waals surface area contributed by atoms with E-state index in [9.17, 15) is 14.4 Å². The van der Waals surface area contributed by atoms with Crippen LogP contribution in [0.2, 0.25) is 0 Å². The molecule has 1 heterocycles. The van der Waals surface area contributed by atoms with Crippen LogP contribution in [0.3, 0.4) is 0 Å². The summed E-state index contributed by atoms with van der Waals surface area (Å²) in [6, 6.07) is 9.01. The predicted molar refractivity (Wildman–Crippen MR) is 93.3 cm³/mol. The van der Waals surface area contributed by atoms with Gasteiger partial charge in [0.15, 0.2) is 5.78 Å². The normalized spacial score (nSPS) is 13.2. The Balaban J connectivity index is 1.60. The highest BCUT2D eigenvalue weighted by molar-refractivity contribution is 6.01. The lowest BCUT2D eigenvalue weighted by Crippen LogP contribution is -2.34. The Morgan fingerprint density at radius 3 is 2.72 bits per heavy atom. The second kappa shape index (κ2) is 7.34. The number of nitrogens with one attached hydrogen (secondary N) is 2. The summed E-state index contributed by atoms with van der Waals surface area (Å²) in [5, 5.41) is 2.65. The first-order valence-electron chi connectivity index (χ1n) is 8.31. The van der Waals surface area contributed by atoms with Gasteiger partial charge in [-0.05, 0) is 38.0 Å². The number of ketones is 1. The maximum atomic E-state index is 12.2. The quantitative estimate of drug-likeness (QED) is 0.815. The zero-order chi connectivity index (χ0) is 17.8. The first-order chi connectivity index (χ1) is 12.0. The topological polar surface area (TPSA) is 88.3 Å². The number of carbonyl (C=O) groups excluding carboxylic acids is 2. The van der Waals surface area contributed by atoms with Gasteiger partial charge in [-0.1, -0.05) is 17.7 Å². The number of pyridine rings is 1. The van der Waals surface area contributed by atoms with Crippen LogP contribution in [0, 0.1) is 6.92 Å². The summed E-state index contributed by atoms with van der Waals surface area (Å²) in [6.07, 6.45) is 1.83. The Bertz CT molecular complexity index is 853. The molecule has 1 amide bonds. The van der Waals surface area contributed by atoms with E-state index in [4.69, 9.17) is 4.74 Å². The van der Waals surface area contributed by atoms with Crippen LogP contribution in [0.1, 0.15) is 44.8 Å². The van der Waals surface area contributed by atoms with Gasteiger partial charge < -0.3 is 15.0 Å². The molecular weight excluding hydrogens is 320 g/mol. The molecule has 0 unspecified atom stereocenters. The lowest BCUT2D eigenvalue weighted by Gasteiger charge is -2.15. The van der Waals surface area contributed by atoms with Gasteiger partial charge in [0.2, 0.25) is 0 Å². The summed E-state index contributed by atoms with van der Waals surface area (Å²) in [7, 11) is 0. The fourth-order valence-electron chi connectivity index (χ4n) is 2.81. The van der Waals surface area contributed by atoms with Gasteiger partial charge in [-0.2, -0.15) is 0 Å². The summed E-state index contributed by atoms with van der Waals surface area (Å²) in [5.41, 5.74) is 1.71. The highest BCUT2D eigenvalue weighted by atomic mass is 16.5. The third-order valence-electron chi connectivity index (χ3n) is 4.18. The summed E-state index contributed by atoms with van der Waals surface area (Å²) < 4.78 is 5.53. The summed E-state index contributed by atoms with van der Waals surface area (Å²) in [4.78, 5) is 38.9. The molecule has 1 aliphatic rings. The molecule has 0 bridgehead atoms. The van der Waals surface area contributed by atoms with E-state index in [-0.39, 0.29) is 24.5 Å². The summed E-state index contributed by atoms with van der Waals surface area (Å²) in [6.45, 7) is 2.54. The van der Waals surface area contributed by atoms with E-state index in [0.29, 0.717) is 24.1 Å². The van der Waals surface area contributed by atoms with Crippen LogP contribution in [0.4, 0.5) is 0 Å². The second-order valence-electron chi connectivity index (χ2n) is 6.10. The molecule has 6 heteroatoms. The molecule has 0 fully saturated rings. The predicted octanol–water partition coefficient (Wildman–Crippen LogP) is 2.01. The lowest BCUT2D eigenvalue weighted by atomic mass is 9.93. The third-order valence-corrected chi connectivity index (χ3v) is 4.18. The highest BCUT2D eigenvalue weighted by Crippen LogP contribution is 2.18. The van der Waals surface area contributed by atoms with Crippen molar-refractivity contribution in [1.82, 2.24) is 10.3 Å². The molecule has 0 atom stereocenters. The minimum atomic E-state index is -0.505. The van der Waals surface area contributed by atoms with Gasteiger partial charge in [0, 0.05) is 17.7 Å². The van der Waals surface area contributed by atoms with Crippen molar-refractivity contribution in [2.24, 2.45) is 0 Å². The molecule has 1 aliphatic carbocycles. The highest BCUT2D eigenvalue weighted by Gasteiger charge is 2.21. The van der Waals surface area contributed by atoms with Crippen LogP contribution in [0.5, 0.6) is 5.75 Å². The van der Waals surface area contributed by atoms with Crippen LogP contribution < -0.4 is 15.6 Å². The van der Waals surface area contributed by atoms with Crippen molar-refractivity contribution < 1.29 is 14.3 Å². The average Bonchev–Trinajstić information content (AvgIpc) is 2.60. The molecule has 2 N–H and O–H groups in total. The zero-order valence-corrected chi connectivity index (χ0v) is 14.1. The number of H-pyrrole nitrogens is 1. The van der Waals surface area contributed by atoms with Crippen molar-refractivity contribution in [1.29, 1.82) is 0 Å². The number of amides is 1. The van der Waals surface area contributed by atoms with Crippen LogP contribution >= 0.6 is 0 Å². The van der Waals surface area contributed by atoms with E-state index in [1.54, 1.807) is 0 Å². The first-order valence-corrected chi connectivity index (χ1v) is 8.31. The van der Waals surface area contributed by atoms with E-state index in [0.717, 1.165) is 17.7 Å². The van der Waals surface area contributed by atoms with Crippen molar-refractivity contribution in [2.45, 2.75) is 26.2 Å². The maximum absolute atomic E-state index is 12.2. The molecule has 2 aromatic rings. The molecule has 0 aliphatic heterocycles. The fraction of sp³-hybridized carbons (Fsp3) is 0.316. The monoisotopic (exact) mass is 340 g/mol. The molecular formula is C19H20N2O4. The van der Waals surface area contributed by atoms with E-state index >= 15 is 0 Å². The van der Waals surface area contributed by atoms with Gasteiger partial charge in [-0.25, -0.2) is 0 Å². The van der Waals surface area contributed by atoms with Crippen LogP contribution in [0.15, 0.2) is 35.1 Å². The standard InChI is InChI=1S/C19H20N2O4/c1-12-5-7-13(8-6-12)25-10-9-20-18(23)15-11-14-16(21-19(15)24)3-2-4-17(14)22/h5-8,11H,2-4,9-10H2,1H3,(H,20,23)(H,21,24). The molecule has 3 rings (SSSR count). The number of aromatic nitrogens is 1. The Labute approximate surface area is 145 Å². The van der Waals surface area contributed by atoms with Crippen LogP contribution in [0.25, 0.3) is 0 Å². The molecule has 130 valence electrons. The number of hydrogen-bond acceptors (Lipinski definition) is 4. The third kappa shape index (κ3) is 3.96. The van der Waals surface area contributed by atoms with Crippen LogP contribution in [-0.4, -0.2) is 29.8 Å². The minimum absolute atomic E-state index is 0.0331. The van der Waals surface area contributed by atoms with Gasteiger partial charge >= 0.3 is 0 Å². The molecule has 0 saturated heterocycles. The number of hydrogen-bond donors (Lipinski definition) is 2. The molecule has 0 radical (unpaired) electrons. The van der Waals surface area contributed by atoms with Gasteiger partial charge in [0.05, 0.1) is 6.54 Å². The largest absolute Gasteiger partial charge is 0.492 e. The first kappa shape index (κ1) is 17.0. The lowest BCUT2D eigenvalue weighted by molar-refractivity contribution is 0.0945. The number of aryl methyl sites for hydroxylation is 2. The van der Waals surface area contributed by atoms with Gasteiger partial charge in [0.1, 0.15) is 17.9 Å². The Kier molecular flexibility index (Phi) is 4.97. The smallest absolute Gasteiger partial charge is 0.261 e. The number of rotatable bonds is 5. The number of ether oxygens (including phenoxy) is 1. The molecule has 6 nitrogen and oxygen atoms in total. The summed E-state index contributed by atoms with van der Waals surface area (Å²) in [5.74, 6) is 0.182. The van der Waals surface area contributed by atoms with Crippen molar-refractivity contribution in [3.8, 4) is 5.75 Å². The minimum Gasteiger partial charge on any atom is -0.492 e. The molecule has 1 aromatic heterocycles. The Morgan fingerprint density at radius 1 is 1.20 bits per heavy atom. The van der Waals surface area contributed by atoms with Gasteiger partial charge in [-0.15, -0.1) is 0 Å². The SMILES string of the molecule is Cc1ccc(OCCNC(=O)c2cc3c([nH]c2=O)CCCC3=O)cc1. The summed E-state index contributed by atoms with van der Waals surface area (Å²) >= 11 is 0. The van der Waals surface area contributed by atoms with E-state index in [1.165, 1.54) is 6.07 Å². The van der Waals surface area contributed by atoms with E-state index in [1.807, 2.05) is 31.2 Å². The zero-order valence-electron chi connectivity index (χ0n) is 14.1.